The monoisotopic (exact) mass is 385 g/mol. The van der Waals surface area contributed by atoms with Gasteiger partial charge in [0.2, 0.25) is 0 Å². The van der Waals surface area contributed by atoms with E-state index in [0.29, 0.717) is 15.7 Å². The number of aryl methyl sites for hydroxylation is 1. The highest BCUT2D eigenvalue weighted by Gasteiger charge is 2.21. The third kappa shape index (κ3) is 3.60. The third-order valence-corrected chi connectivity index (χ3v) is 5.02. The lowest BCUT2D eigenvalue weighted by Crippen LogP contribution is -2.15. The van der Waals surface area contributed by atoms with Gasteiger partial charge in [0.1, 0.15) is 10.6 Å². The number of hydrogen-bond donors (Lipinski definition) is 2. The molecule has 0 aliphatic rings. The van der Waals surface area contributed by atoms with Crippen molar-refractivity contribution in [1.82, 2.24) is 0 Å². The van der Waals surface area contributed by atoms with E-state index in [1.165, 1.54) is 13.2 Å². The van der Waals surface area contributed by atoms with Gasteiger partial charge in [0.15, 0.2) is 0 Å². The predicted octanol–water partition coefficient (Wildman–Crippen LogP) is 3.06. The van der Waals surface area contributed by atoms with Crippen LogP contribution in [0.3, 0.4) is 0 Å². The molecule has 0 atom stereocenters. The molecule has 0 aromatic heterocycles. The highest BCUT2D eigenvalue weighted by atomic mass is 79.9. The molecule has 22 heavy (non-hydrogen) atoms. The molecule has 0 unspecified atom stereocenters. The van der Waals surface area contributed by atoms with E-state index >= 15 is 0 Å². The first-order chi connectivity index (χ1) is 10.4. The molecule has 0 amide bonds. The Labute approximate surface area is 138 Å². The first kappa shape index (κ1) is 16.8. The second-order valence-electron chi connectivity index (χ2n) is 4.71. The number of sulfonamides is 1. The maximum atomic E-state index is 12.6. The molecule has 0 aliphatic carbocycles. The van der Waals surface area contributed by atoms with Crippen LogP contribution in [0.25, 0.3) is 0 Å². The summed E-state index contributed by atoms with van der Waals surface area (Å²) in [7, 11) is -2.40. The van der Waals surface area contributed by atoms with Crippen LogP contribution in [0.4, 0.5) is 5.69 Å². The second kappa shape index (κ2) is 6.68. The molecule has 2 rings (SSSR count). The van der Waals surface area contributed by atoms with Crippen molar-refractivity contribution in [2.45, 2.75) is 18.4 Å². The van der Waals surface area contributed by atoms with Crippen LogP contribution in [0.2, 0.25) is 0 Å². The van der Waals surface area contributed by atoms with Gasteiger partial charge in [-0.1, -0.05) is 28.1 Å². The summed E-state index contributed by atoms with van der Waals surface area (Å²) in [6.45, 7) is 1.63. The molecule has 0 fully saturated rings. The van der Waals surface area contributed by atoms with Crippen molar-refractivity contribution in [2.75, 3.05) is 11.8 Å². The van der Waals surface area contributed by atoms with E-state index in [4.69, 9.17) is 4.74 Å². The number of nitrogens with one attached hydrogen (secondary N) is 1. The summed E-state index contributed by atoms with van der Waals surface area (Å²) in [5, 5.41) is 9.18. The largest absolute Gasteiger partial charge is 0.495 e. The molecule has 0 saturated carbocycles. The van der Waals surface area contributed by atoms with Gasteiger partial charge >= 0.3 is 0 Å². The predicted molar refractivity (Wildman–Crippen MR) is 88.6 cm³/mol. The molecule has 0 aliphatic heterocycles. The molecule has 0 bridgehead atoms. The van der Waals surface area contributed by atoms with Gasteiger partial charge in [-0.3, -0.25) is 4.72 Å². The summed E-state index contributed by atoms with van der Waals surface area (Å²) in [4.78, 5) is 0.0400. The SMILES string of the molecule is COc1ccc(Br)cc1S(=O)(=O)Nc1cc(CO)ccc1C. The minimum atomic E-state index is -3.81. The Hall–Kier alpha value is -1.57. The normalized spacial score (nSPS) is 11.3. The van der Waals surface area contributed by atoms with Crippen LogP contribution in [0.5, 0.6) is 5.75 Å². The number of ether oxygens (including phenoxy) is 1. The molecule has 2 aromatic carbocycles. The van der Waals surface area contributed by atoms with Crippen LogP contribution in [0.1, 0.15) is 11.1 Å². The lowest BCUT2D eigenvalue weighted by molar-refractivity contribution is 0.282. The number of rotatable bonds is 5. The van der Waals surface area contributed by atoms with Gasteiger partial charge in [0.25, 0.3) is 10.0 Å². The molecule has 0 heterocycles. The Bertz CT molecular complexity index is 790. The van der Waals surface area contributed by atoms with E-state index in [-0.39, 0.29) is 17.3 Å². The number of halogens is 1. The van der Waals surface area contributed by atoms with E-state index < -0.39 is 10.0 Å². The van der Waals surface area contributed by atoms with Gasteiger partial charge in [0.05, 0.1) is 19.4 Å². The van der Waals surface area contributed by atoms with Gasteiger partial charge in [0, 0.05) is 4.47 Å². The van der Waals surface area contributed by atoms with Gasteiger partial charge < -0.3 is 9.84 Å². The molecular formula is C15H16BrNO4S. The molecule has 2 N–H and O–H groups in total. The quantitative estimate of drug-likeness (QED) is 0.828. The van der Waals surface area contributed by atoms with Crippen molar-refractivity contribution in [3.8, 4) is 5.75 Å². The number of benzene rings is 2. The molecule has 5 nitrogen and oxygen atoms in total. The molecule has 2 aromatic rings. The van der Waals surface area contributed by atoms with Crippen LogP contribution in [-0.2, 0) is 16.6 Å². The molecule has 0 spiro atoms. The Morgan fingerprint density at radius 1 is 1.23 bits per heavy atom. The van der Waals surface area contributed by atoms with Crippen molar-refractivity contribution in [3.05, 3.63) is 52.0 Å². The maximum absolute atomic E-state index is 12.6. The number of aliphatic hydroxyl groups is 1. The summed E-state index contributed by atoms with van der Waals surface area (Å²) in [5.74, 6) is 0.256. The Balaban J connectivity index is 2.46. The average molecular weight is 386 g/mol. The van der Waals surface area contributed by atoms with Gasteiger partial charge in [-0.15, -0.1) is 0 Å². The summed E-state index contributed by atoms with van der Waals surface area (Å²) < 4.78 is 33.5. The van der Waals surface area contributed by atoms with Crippen LogP contribution < -0.4 is 9.46 Å². The van der Waals surface area contributed by atoms with Crippen molar-refractivity contribution in [3.63, 3.8) is 0 Å². The van der Waals surface area contributed by atoms with Crippen molar-refractivity contribution >= 4 is 31.6 Å². The van der Waals surface area contributed by atoms with Crippen LogP contribution in [0.15, 0.2) is 45.8 Å². The zero-order chi connectivity index (χ0) is 16.3. The molecular weight excluding hydrogens is 370 g/mol. The van der Waals surface area contributed by atoms with Crippen LogP contribution >= 0.6 is 15.9 Å². The lowest BCUT2D eigenvalue weighted by atomic mass is 10.1. The van der Waals surface area contributed by atoms with E-state index in [1.807, 2.05) is 0 Å². The fraction of sp³-hybridized carbons (Fsp3) is 0.200. The molecule has 7 heteroatoms. The molecule has 118 valence electrons. The van der Waals surface area contributed by atoms with Gasteiger partial charge in [-0.25, -0.2) is 8.42 Å². The topological polar surface area (TPSA) is 75.6 Å². The minimum absolute atomic E-state index is 0.0400. The van der Waals surface area contributed by atoms with Crippen molar-refractivity contribution in [2.24, 2.45) is 0 Å². The van der Waals surface area contributed by atoms with E-state index in [2.05, 4.69) is 20.7 Å². The summed E-state index contributed by atoms with van der Waals surface area (Å²) in [6, 6.07) is 9.86. The third-order valence-electron chi connectivity index (χ3n) is 3.14. The Kier molecular flexibility index (Phi) is 5.10. The summed E-state index contributed by atoms with van der Waals surface area (Å²) in [6.07, 6.45) is 0. The smallest absolute Gasteiger partial charge is 0.265 e. The Morgan fingerprint density at radius 2 is 1.95 bits per heavy atom. The van der Waals surface area contributed by atoms with E-state index in [1.54, 1.807) is 37.3 Å². The first-order valence-corrected chi connectivity index (χ1v) is 8.71. The molecule has 0 radical (unpaired) electrons. The zero-order valence-corrected chi connectivity index (χ0v) is 14.5. The van der Waals surface area contributed by atoms with E-state index in [9.17, 15) is 13.5 Å². The number of anilines is 1. The van der Waals surface area contributed by atoms with Crippen LogP contribution in [-0.4, -0.2) is 20.6 Å². The number of aliphatic hydroxyl groups excluding tert-OH is 1. The van der Waals surface area contributed by atoms with Crippen molar-refractivity contribution < 1.29 is 18.3 Å². The van der Waals surface area contributed by atoms with Crippen LogP contribution in [0, 0.1) is 6.92 Å². The van der Waals surface area contributed by atoms with Gasteiger partial charge in [-0.2, -0.15) is 0 Å². The summed E-state index contributed by atoms with van der Waals surface area (Å²) >= 11 is 3.26. The van der Waals surface area contributed by atoms with Gasteiger partial charge in [-0.05, 0) is 42.3 Å². The first-order valence-electron chi connectivity index (χ1n) is 6.44. The highest BCUT2D eigenvalue weighted by molar-refractivity contribution is 9.10. The Morgan fingerprint density at radius 3 is 2.59 bits per heavy atom. The lowest BCUT2D eigenvalue weighted by Gasteiger charge is -2.14. The number of hydrogen-bond acceptors (Lipinski definition) is 4. The van der Waals surface area contributed by atoms with E-state index in [0.717, 1.165) is 5.56 Å². The second-order valence-corrected chi connectivity index (χ2v) is 7.27. The highest BCUT2D eigenvalue weighted by Crippen LogP contribution is 2.29. The summed E-state index contributed by atoms with van der Waals surface area (Å²) in [5.41, 5.74) is 1.81. The zero-order valence-electron chi connectivity index (χ0n) is 12.1. The maximum Gasteiger partial charge on any atom is 0.265 e. The average Bonchev–Trinajstić information content (AvgIpc) is 2.49. The fourth-order valence-electron chi connectivity index (χ4n) is 1.94. The fourth-order valence-corrected chi connectivity index (χ4v) is 3.77. The molecule has 0 saturated heterocycles. The minimum Gasteiger partial charge on any atom is -0.495 e. The standard InChI is InChI=1S/C15H16BrNO4S/c1-10-3-4-11(9-18)7-13(10)17-22(19,20)15-8-12(16)5-6-14(15)21-2/h3-8,17-18H,9H2,1-2H3. The van der Waals surface area contributed by atoms with Crippen molar-refractivity contribution in [1.29, 1.82) is 0 Å². The number of methoxy groups -OCH3 is 1.